The van der Waals surface area contributed by atoms with Crippen LogP contribution in [0.3, 0.4) is 0 Å². The van der Waals surface area contributed by atoms with Crippen molar-refractivity contribution in [1.82, 2.24) is 4.90 Å². The van der Waals surface area contributed by atoms with Gasteiger partial charge >= 0.3 is 0 Å². The van der Waals surface area contributed by atoms with E-state index in [1.165, 1.54) is 25.7 Å². The number of aliphatic hydroxyl groups is 1. The Balaban J connectivity index is 1.78. The van der Waals surface area contributed by atoms with Gasteiger partial charge in [-0.3, -0.25) is 4.90 Å². The maximum Gasteiger partial charge on any atom is 0.0679 e. The summed E-state index contributed by atoms with van der Waals surface area (Å²) in [6, 6.07) is 0.775. The van der Waals surface area contributed by atoms with Crippen molar-refractivity contribution in [3.05, 3.63) is 0 Å². The molecule has 0 unspecified atom stereocenters. The molecule has 2 fully saturated rings. The van der Waals surface area contributed by atoms with E-state index in [1.54, 1.807) is 0 Å². The highest BCUT2D eigenvalue weighted by molar-refractivity contribution is 4.85. The lowest BCUT2D eigenvalue weighted by molar-refractivity contribution is 0.121. The number of β-amino-alcohol motifs (C(OH)–C–C–N with tert-alkyl or cyclic N) is 1. The third-order valence-electron chi connectivity index (χ3n) is 4.40. The second-order valence-electron chi connectivity index (χ2n) is 5.75. The van der Waals surface area contributed by atoms with Crippen LogP contribution in [0.1, 0.15) is 46.0 Å². The van der Waals surface area contributed by atoms with E-state index in [-0.39, 0.29) is 6.10 Å². The van der Waals surface area contributed by atoms with E-state index in [4.69, 9.17) is 0 Å². The monoisotopic (exact) mass is 211 g/mol. The Hall–Kier alpha value is -0.0800. The van der Waals surface area contributed by atoms with Gasteiger partial charge in [-0.25, -0.2) is 0 Å². The molecule has 0 radical (unpaired) electrons. The van der Waals surface area contributed by atoms with Crippen LogP contribution < -0.4 is 0 Å². The van der Waals surface area contributed by atoms with Gasteiger partial charge in [-0.2, -0.15) is 0 Å². The number of rotatable bonds is 2. The van der Waals surface area contributed by atoms with Crippen LogP contribution in [0.4, 0.5) is 0 Å². The summed E-state index contributed by atoms with van der Waals surface area (Å²) in [5.41, 5.74) is 0. The van der Waals surface area contributed by atoms with E-state index in [0.29, 0.717) is 0 Å². The van der Waals surface area contributed by atoms with E-state index in [0.717, 1.165) is 37.4 Å². The van der Waals surface area contributed by atoms with Gasteiger partial charge in [0, 0.05) is 19.1 Å². The Kier molecular flexibility index (Phi) is 3.68. The van der Waals surface area contributed by atoms with Gasteiger partial charge in [0.15, 0.2) is 0 Å². The van der Waals surface area contributed by atoms with Crippen LogP contribution in [0.15, 0.2) is 0 Å². The summed E-state index contributed by atoms with van der Waals surface area (Å²) in [4.78, 5) is 2.52. The van der Waals surface area contributed by atoms with Gasteiger partial charge < -0.3 is 5.11 Å². The molecule has 2 aliphatic rings. The smallest absolute Gasteiger partial charge is 0.0679 e. The molecule has 1 heterocycles. The molecular weight excluding hydrogens is 186 g/mol. The summed E-state index contributed by atoms with van der Waals surface area (Å²) in [7, 11) is 0. The predicted octanol–water partition coefficient (Wildman–Crippen LogP) is 2.27. The minimum atomic E-state index is -0.0483. The van der Waals surface area contributed by atoms with E-state index in [9.17, 15) is 5.11 Å². The average molecular weight is 211 g/mol. The van der Waals surface area contributed by atoms with Gasteiger partial charge in [0.2, 0.25) is 0 Å². The highest BCUT2D eigenvalue weighted by Crippen LogP contribution is 2.33. The minimum Gasteiger partial charge on any atom is -0.392 e. The van der Waals surface area contributed by atoms with E-state index < -0.39 is 0 Å². The summed E-state index contributed by atoms with van der Waals surface area (Å²) in [5.74, 6) is 1.81. The molecule has 0 amide bonds. The molecule has 2 heteroatoms. The third kappa shape index (κ3) is 2.73. The molecule has 15 heavy (non-hydrogen) atoms. The molecule has 1 aliphatic carbocycles. The lowest BCUT2D eigenvalue weighted by atomic mass is 9.79. The molecule has 1 saturated heterocycles. The van der Waals surface area contributed by atoms with Gasteiger partial charge in [-0.15, -0.1) is 0 Å². The van der Waals surface area contributed by atoms with Crippen molar-refractivity contribution in [2.75, 3.05) is 13.1 Å². The number of nitrogens with zero attached hydrogens (tertiary/aromatic N) is 1. The van der Waals surface area contributed by atoms with Crippen LogP contribution in [0.5, 0.6) is 0 Å². The molecule has 0 bridgehead atoms. The number of hydrogen-bond donors (Lipinski definition) is 1. The largest absolute Gasteiger partial charge is 0.392 e. The molecule has 0 aromatic carbocycles. The lowest BCUT2D eigenvalue weighted by Gasteiger charge is -2.35. The fourth-order valence-corrected chi connectivity index (χ4v) is 3.23. The van der Waals surface area contributed by atoms with Crippen molar-refractivity contribution in [1.29, 1.82) is 0 Å². The van der Waals surface area contributed by atoms with Crippen LogP contribution in [0.25, 0.3) is 0 Å². The van der Waals surface area contributed by atoms with Crippen molar-refractivity contribution in [3.8, 4) is 0 Å². The zero-order valence-corrected chi connectivity index (χ0v) is 10.2. The number of likely N-dealkylation sites (tertiary alicyclic amines) is 1. The molecule has 88 valence electrons. The summed E-state index contributed by atoms with van der Waals surface area (Å²) in [6.07, 6.45) is 6.45. The summed E-state index contributed by atoms with van der Waals surface area (Å²) < 4.78 is 0. The van der Waals surface area contributed by atoms with Crippen LogP contribution >= 0.6 is 0 Å². The highest BCUT2D eigenvalue weighted by atomic mass is 16.3. The van der Waals surface area contributed by atoms with Crippen molar-refractivity contribution >= 4 is 0 Å². The molecule has 1 atom stereocenters. The highest BCUT2D eigenvalue weighted by Gasteiger charge is 2.30. The quantitative estimate of drug-likeness (QED) is 0.757. The Bertz CT molecular complexity index is 197. The second-order valence-corrected chi connectivity index (χ2v) is 5.75. The lowest BCUT2D eigenvalue weighted by Crippen LogP contribution is -2.37. The zero-order chi connectivity index (χ0) is 10.8. The Morgan fingerprint density at radius 1 is 1.07 bits per heavy atom. The molecule has 0 spiro atoms. The third-order valence-corrected chi connectivity index (χ3v) is 4.40. The summed E-state index contributed by atoms with van der Waals surface area (Å²) in [6.45, 7) is 6.75. The Labute approximate surface area is 93.7 Å². The Morgan fingerprint density at radius 2 is 1.73 bits per heavy atom. The molecule has 1 N–H and O–H groups in total. The van der Waals surface area contributed by atoms with Gasteiger partial charge in [0.1, 0.15) is 0 Å². The summed E-state index contributed by atoms with van der Waals surface area (Å²) >= 11 is 0. The van der Waals surface area contributed by atoms with Crippen LogP contribution in [-0.4, -0.2) is 35.2 Å². The maximum absolute atomic E-state index is 9.53. The van der Waals surface area contributed by atoms with E-state index in [2.05, 4.69) is 18.7 Å². The van der Waals surface area contributed by atoms with Crippen molar-refractivity contribution in [2.24, 2.45) is 11.8 Å². The topological polar surface area (TPSA) is 23.5 Å². The van der Waals surface area contributed by atoms with Crippen LogP contribution in [-0.2, 0) is 0 Å². The predicted molar refractivity (Wildman–Crippen MR) is 62.8 cm³/mol. The summed E-state index contributed by atoms with van der Waals surface area (Å²) in [5, 5.41) is 9.53. The average Bonchev–Trinajstić information content (AvgIpc) is 2.65. The molecule has 2 rings (SSSR count). The second kappa shape index (κ2) is 4.84. The van der Waals surface area contributed by atoms with Gasteiger partial charge in [-0.1, -0.05) is 13.8 Å². The number of hydrogen-bond acceptors (Lipinski definition) is 2. The first-order valence-corrected chi connectivity index (χ1v) is 6.59. The normalized spacial score (nSPS) is 38.8. The van der Waals surface area contributed by atoms with Gasteiger partial charge in [0.05, 0.1) is 6.10 Å². The van der Waals surface area contributed by atoms with Gasteiger partial charge in [0.25, 0.3) is 0 Å². The SMILES string of the molecule is CC(C)[C@H]1CC[C@@H](N2CC[C@@H](O)C2)CC1. The molecule has 0 aromatic rings. The van der Waals surface area contributed by atoms with Crippen molar-refractivity contribution in [2.45, 2.75) is 58.1 Å². The first-order valence-electron chi connectivity index (χ1n) is 6.59. The Morgan fingerprint density at radius 3 is 2.20 bits per heavy atom. The van der Waals surface area contributed by atoms with Crippen LogP contribution in [0, 0.1) is 11.8 Å². The van der Waals surface area contributed by atoms with E-state index >= 15 is 0 Å². The maximum atomic E-state index is 9.53. The fourth-order valence-electron chi connectivity index (χ4n) is 3.23. The van der Waals surface area contributed by atoms with Crippen molar-refractivity contribution in [3.63, 3.8) is 0 Å². The standard InChI is InChI=1S/C13H25NO/c1-10(2)11-3-5-12(6-4-11)14-8-7-13(15)9-14/h10-13,15H,3-9H2,1-2H3/t11-,12+,13-/m1/s1. The zero-order valence-electron chi connectivity index (χ0n) is 10.2. The van der Waals surface area contributed by atoms with Gasteiger partial charge in [-0.05, 0) is 43.9 Å². The first-order chi connectivity index (χ1) is 7.16. The minimum absolute atomic E-state index is 0.0483. The number of aliphatic hydroxyl groups excluding tert-OH is 1. The molecule has 1 saturated carbocycles. The van der Waals surface area contributed by atoms with Crippen molar-refractivity contribution < 1.29 is 5.11 Å². The molecule has 0 aromatic heterocycles. The molecule has 1 aliphatic heterocycles. The van der Waals surface area contributed by atoms with Crippen LogP contribution in [0.2, 0.25) is 0 Å². The molecular formula is C13H25NO. The molecule has 2 nitrogen and oxygen atoms in total. The first kappa shape index (κ1) is 11.4. The van der Waals surface area contributed by atoms with E-state index in [1.807, 2.05) is 0 Å². The fraction of sp³-hybridized carbons (Fsp3) is 1.00.